The minimum Gasteiger partial charge on any atom is -0.497 e. The van der Waals surface area contributed by atoms with E-state index in [4.69, 9.17) is 19.9 Å². The Labute approximate surface area is 127 Å². The van der Waals surface area contributed by atoms with Crippen LogP contribution in [0.15, 0.2) is 18.2 Å². The number of methoxy groups -OCH3 is 2. The number of hydrogen-bond donors (Lipinski definition) is 1. The third-order valence-corrected chi connectivity index (χ3v) is 3.30. The van der Waals surface area contributed by atoms with Gasteiger partial charge in [0.05, 0.1) is 25.9 Å². The predicted molar refractivity (Wildman–Crippen MR) is 84.3 cm³/mol. The second-order valence-electron chi connectivity index (χ2n) is 5.30. The third kappa shape index (κ3) is 6.17. The first kappa shape index (κ1) is 17.5. The van der Waals surface area contributed by atoms with Crippen LogP contribution in [0.3, 0.4) is 0 Å². The lowest BCUT2D eigenvalue weighted by atomic mass is 10.1. The van der Waals surface area contributed by atoms with Crippen molar-refractivity contribution in [2.24, 2.45) is 5.73 Å². The zero-order valence-electron chi connectivity index (χ0n) is 13.4. The molecule has 0 aliphatic heterocycles. The second kappa shape index (κ2) is 8.68. The molecule has 0 saturated carbocycles. The Morgan fingerprint density at radius 2 is 2.00 bits per heavy atom. The van der Waals surface area contributed by atoms with E-state index in [-0.39, 0.29) is 5.60 Å². The second-order valence-corrected chi connectivity index (χ2v) is 5.30. The number of nitrogens with two attached hydrogens (primary N) is 1. The van der Waals surface area contributed by atoms with Crippen LogP contribution in [-0.4, -0.2) is 33.0 Å². The zero-order chi connectivity index (χ0) is 15.7. The van der Waals surface area contributed by atoms with Gasteiger partial charge in [0, 0.05) is 19.3 Å². The first-order chi connectivity index (χ1) is 10.0. The minimum absolute atomic E-state index is 0.170. The van der Waals surface area contributed by atoms with Gasteiger partial charge in [0.25, 0.3) is 0 Å². The van der Waals surface area contributed by atoms with Gasteiger partial charge in [-0.05, 0) is 44.0 Å². The maximum atomic E-state index is 5.74. The average molecular weight is 291 g/mol. The van der Waals surface area contributed by atoms with Crippen LogP contribution < -0.4 is 10.5 Å². The Hall–Kier alpha value is -1.54. The summed E-state index contributed by atoms with van der Waals surface area (Å²) in [6.45, 7) is 5.54. The number of rotatable bonds is 7. The van der Waals surface area contributed by atoms with Gasteiger partial charge in [-0.1, -0.05) is 11.8 Å². The normalized spacial score (nSPS) is 10.9. The van der Waals surface area contributed by atoms with Gasteiger partial charge in [-0.3, -0.25) is 0 Å². The Morgan fingerprint density at radius 1 is 1.24 bits per heavy atom. The van der Waals surface area contributed by atoms with E-state index in [1.165, 1.54) is 0 Å². The van der Waals surface area contributed by atoms with Gasteiger partial charge in [0.15, 0.2) is 0 Å². The third-order valence-electron chi connectivity index (χ3n) is 3.30. The van der Waals surface area contributed by atoms with Gasteiger partial charge in [-0.2, -0.15) is 0 Å². The molecule has 0 bridgehead atoms. The van der Waals surface area contributed by atoms with Gasteiger partial charge in [-0.15, -0.1) is 0 Å². The molecule has 2 N–H and O–H groups in total. The van der Waals surface area contributed by atoms with Gasteiger partial charge < -0.3 is 19.9 Å². The lowest BCUT2D eigenvalue weighted by Gasteiger charge is -2.22. The van der Waals surface area contributed by atoms with E-state index in [0.29, 0.717) is 19.8 Å². The SMILES string of the molecule is COc1ccc(C#CCN)c(COCCC(C)(C)OC)c1. The van der Waals surface area contributed by atoms with Gasteiger partial charge in [-0.25, -0.2) is 0 Å². The topological polar surface area (TPSA) is 53.7 Å². The molecule has 1 aromatic carbocycles. The molecule has 0 amide bonds. The fourth-order valence-corrected chi connectivity index (χ4v) is 1.69. The Bertz CT molecular complexity index is 500. The number of benzene rings is 1. The smallest absolute Gasteiger partial charge is 0.119 e. The molecule has 1 aromatic rings. The molecular formula is C17H25NO3. The van der Waals surface area contributed by atoms with E-state index in [2.05, 4.69) is 11.8 Å². The highest BCUT2D eigenvalue weighted by Crippen LogP contribution is 2.19. The largest absolute Gasteiger partial charge is 0.497 e. The van der Waals surface area contributed by atoms with E-state index >= 15 is 0 Å². The summed E-state index contributed by atoms with van der Waals surface area (Å²) < 4.78 is 16.4. The molecule has 0 unspecified atom stereocenters. The molecule has 0 atom stereocenters. The summed E-state index contributed by atoms with van der Waals surface area (Å²) in [5.41, 5.74) is 7.18. The molecule has 0 radical (unpaired) electrons. The lowest BCUT2D eigenvalue weighted by Crippen LogP contribution is -2.24. The Morgan fingerprint density at radius 3 is 2.62 bits per heavy atom. The van der Waals surface area contributed by atoms with Crippen LogP contribution in [0.5, 0.6) is 5.75 Å². The molecule has 0 heterocycles. The van der Waals surface area contributed by atoms with Gasteiger partial charge in [0.1, 0.15) is 5.75 Å². The summed E-state index contributed by atoms with van der Waals surface area (Å²) in [7, 11) is 3.36. The molecule has 0 aromatic heterocycles. The van der Waals surface area contributed by atoms with Crippen molar-refractivity contribution in [2.75, 3.05) is 27.4 Å². The van der Waals surface area contributed by atoms with Crippen molar-refractivity contribution in [3.8, 4) is 17.6 Å². The van der Waals surface area contributed by atoms with Crippen molar-refractivity contribution in [1.29, 1.82) is 0 Å². The summed E-state index contributed by atoms with van der Waals surface area (Å²) >= 11 is 0. The van der Waals surface area contributed by atoms with E-state index in [0.717, 1.165) is 23.3 Å². The first-order valence-electron chi connectivity index (χ1n) is 7.01. The molecule has 0 spiro atoms. The summed E-state index contributed by atoms with van der Waals surface area (Å²) in [5, 5.41) is 0. The van der Waals surface area contributed by atoms with Crippen LogP contribution in [0.4, 0.5) is 0 Å². The van der Waals surface area contributed by atoms with Crippen molar-refractivity contribution in [3.05, 3.63) is 29.3 Å². The van der Waals surface area contributed by atoms with Crippen molar-refractivity contribution in [3.63, 3.8) is 0 Å². The van der Waals surface area contributed by atoms with E-state index < -0.39 is 0 Å². The highest BCUT2D eigenvalue weighted by Gasteiger charge is 2.15. The quantitative estimate of drug-likeness (QED) is 0.619. The first-order valence-corrected chi connectivity index (χ1v) is 7.01. The molecular weight excluding hydrogens is 266 g/mol. The molecule has 0 saturated heterocycles. The molecule has 0 aliphatic rings. The summed E-state index contributed by atoms with van der Waals surface area (Å²) in [6, 6.07) is 5.76. The monoisotopic (exact) mass is 291 g/mol. The Kier molecular flexibility index (Phi) is 7.24. The van der Waals surface area contributed by atoms with Gasteiger partial charge >= 0.3 is 0 Å². The molecule has 4 heteroatoms. The van der Waals surface area contributed by atoms with E-state index in [1.54, 1.807) is 14.2 Å². The summed E-state index contributed by atoms with van der Waals surface area (Å²) in [5.74, 6) is 6.72. The molecule has 0 aliphatic carbocycles. The van der Waals surface area contributed by atoms with Crippen LogP contribution >= 0.6 is 0 Å². The van der Waals surface area contributed by atoms with Gasteiger partial charge in [0.2, 0.25) is 0 Å². The standard InChI is InChI=1S/C17H25NO3/c1-17(2,20-4)9-11-21-13-15-12-16(19-3)8-7-14(15)6-5-10-18/h7-8,12H,9-11,13,18H2,1-4H3. The maximum absolute atomic E-state index is 5.74. The Balaban J connectivity index is 2.67. The predicted octanol–water partition coefficient (Wildman–Crippen LogP) is 2.34. The summed E-state index contributed by atoms with van der Waals surface area (Å²) in [4.78, 5) is 0. The average Bonchev–Trinajstić information content (AvgIpc) is 2.50. The summed E-state index contributed by atoms with van der Waals surface area (Å²) in [6.07, 6.45) is 0.831. The highest BCUT2D eigenvalue weighted by molar-refractivity contribution is 5.45. The number of ether oxygens (including phenoxy) is 3. The molecule has 1 rings (SSSR count). The fourth-order valence-electron chi connectivity index (χ4n) is 1.69. The van der Waals surface area contributed by atoms with Crippen LogP contribution in [0.2, 0.25) is 0 Å². The van der Waals surface area contributed by atoms with Crippen molar-refractivity contribution >= 4 is 0 Å². The molecule has 4 nitrogen and oxygen atoms in total. The van der Waals surface area contributed by atoms with E-state index in [9.17, 15) is 0 Å². The molecule has 0 fully saturated rings. The van der Waals surface area contributed by atoms with Crippen LogP contribution in [0.1, 0.15) is 31.4 Å². The van der Waals surface area contributed by atoms with Crippen LogP contribution in [0.25, 0.3) is 0 Å². The number of hydrogen-bond acceptors (Lipinski definition) is 4. The lowest BCUT2D eigenvalue weighted by molar-refractivity contribution is -0.0124. The van der Waals surface area contributed by atoms with Crippen molar-refractivity contribution in [2.45, 2.75) is 32.5 Å². The van der Waals surface area contributed by atoms with Crippen molar-refractivity contribution in [1.82, 2.24) is 0 Å². The van der Waals surface area contributed by atoms with E-state index in [1.807, 2.05) is 32.0 Å². The van der Waals surface area contributed by atoms with Crippen LogP contribution in [-0.2, 0) is 16.1 Å². The van der Waals surface area contributed by atoms with Crippen LogP contribution in [0, 0.1) is 11.8 Å². The molecule has 116 valence electrons. The van der Waals surface area contributed by atoms with Crippen molar-refractivity contribution < 1.29 is 14.2 Å². The zero-order valence-corrected chi connectivity index (χ0v) is 13.4. The molecule has 21 heavy (non-hydrogen) atoms. The minimum atomic E-state index is -0.170. The fraction of sp³-hybridized carbons (Fsp3) is 0.529. The maximum Gasteiger partial charge on any atom is 0.119 e. The highest BCUT2D eigenvalue weighted by atomic mass is 16.5.